The van der Waals surface area contributed by atoms with Crippen molar-refractivity contribution in [1.29, 1.82) is 0 Å². The molecule has 1 saturated heterocycles. The molecule has 4 unspecified atom stereocenters. The van der Waals surface area contributed by atoms with E-state index in [4.69, 9.17) is 0 Å². The van der Waals surface area contributed by atoms with Gasteiger partial charge in [0.15, 0.2) is 0 Å². The maximum atomic E-state index is 12.4. The quantitative estimate of drug-likeness (QED) is 0.779. The van der Waals surface area contributed by atoms with Gasteiger partial charge in [0, 0.05) is 28.6 Å². The van der Waals surface area contributed by atoms with Crippen LogP contribution in [-0.4, -0.2) is 21.3 Å². The zero-order valence-electron chi connectivity index (χ0n) is 10.9. The lowest BCUT2D eigenvalue weighted by molar-refractivity contribution is 0.440. The van der Waals surface area contributed by atoms with Crippen LogP contribution in [0.4, 0.5) is 0 Å². The smallest absolute Gasteiger partial charge is 0.0543 e. The minimum Gasteiger partial charge on any atom is -0.306 e. The van der Waals surface area contributed by atoms with Crippen molar-refractivity contribution in [2.45, 2.75) is 49.9 Å². The van der Waals surface area contributed by atoms with Crippen LogP contribution in [-0.2, 0) is 17.2 Å². The van der Waals surface area contributed by atoms with Gasteiger partial charge in [0.05, 0.1) is 5.25 Å². The Morgan fingerprint density at radius 3 is 3.00 bits per heavy atom. The van der Waals surface area contributed by atoms with Crippen molar-refractivity contribution < 1.29 is 4.21 Å². The molecule has 1 aliphatic heterocycles. The minimum absolute atomic E-state index is 0.294. The number of rotatable bonds is 0. The van der Waals surface area contributed by atoms with Gasteiger partial charge in [0.1, 0.15) is 0 Å². The molecule has 0 spiro atoms. The van der Waals surface area contributed by atoms with E-state index in [0.29, 0.717) is 17.3 Å². The van der Waals surface area contributed by atoms with Crippen LogP contribution in [0.2, 0.25) is 0 Å². The van der Waals surface area contributed by atoms with Gasteiger partial charge in [-0.1, -0.05) is 24.3 Å². The van der Waals surface area contributed by atoms with Gasteiger partial charge in [0.2, 0.25) is 0 Å². The molecule has 0 amide bonds. The molecule has 1 aromatic carbocycles. The summed E-state index contributed by atoms with van der Waals surface area (Å²) in [5, 5.41) is 4.02. The molecule has 1 aliphatic carbocycles. The molecule has 2 nitrogen and oxygen atoms in total. The van der Waals surface area contributed by atoms with E-state index in [1.807, 2.05) is 0 Å². The van der Waals surface area contributed by atoms with Gasteiger partial charge in [0.25, 0.3) is 0 Å². The Morgan fingerprint density at radius 1 is 1.28 bits per heavy atom. The fourth-order valence-electron chi connectivity index (χ4n) is 3.24. The highest BCUT2D eigenvalue weighted by Crippen LogP contribution is 2.34. The van der Waals surface area contributed by atoms with Gasteiger partial charge in [-0.15, -0.1) is 0 Å². The first-order valence-corrected chi connectivity index (χ1v) is 8.35. The summed E-state index contributed by atoms with van der Waals surface area (Å²) in [6, 6.07) is 9.45. The Balaban J connectivity index is 2.03. The maximum Gasteiger partial charge on any atom is 0.0543 e. The van der Waals surface area contributed by atoms with Crippen molar-refractivity contribution in [1.82, 2.24) is 5.32 Å². The van der Waals surface area contributed by atoms with Crippen LogP contribution in [0.15, 0.2) is 24.3 Å². The topological polar surface area (TPSA) is 29.1 Å². The second-order valence-corrected chi connectivity index (χ2v) is 7.32. The first-order valence-electron chi connectivity index (χ1n) is 6.97. The number of nitrogens with one attached hydrogen (secondary N) is 1. The van der Waals surface area contributed by atoms with Gasteiger partial charge in [-0.25, -0.2) is 0 Å². The summed E-state index contributed by atoms with van der Waals surface area (Å²) in [6.45, 7) is 2.22. The summed E-state index contributed by atoms with van der Waals surface area (Å²) < 4.78 is 12.4. The summed E-state index contributed by atoms with van der Waals surface area (Å²) in [4.78, 5) is 0. The standard InChI is InChI=1S/C15H21NOS/c1-11-9-10-18(17)14-8-4-6-12-5-2-3-7-13(12)15(14)16-11/h2-3,5,7,11,14-16H,4,6,8-10H2,1H3. The summed E-state index contributed by atoms with van der Waals surface area (Å²) in [5.74, 6) is 0.859. The molecule has 3 rings (SSSR count). The molecule has 98 valence electrons. The van der Waals surface area contributed by atoms with Gasteiger partial charge >= 0.3 is 0 Å². The lowest BCUT2D eigenvalue weighted by Gasteiger charge is -2.26. The molecule has 1 heterocycles. The highest BCUT2D eigenvalue weighted by Gasteiger charge is 2.34. The van der Waals surface area contributed by atoms with Gasteiger partial charge in [-0.3, -0.25) is 4.21 Å². The predicted molar refractivity (Wildman–Crippen MR) is 76.1 cm³/mol. The van der Waals surface area contributed by atoms with Crippen LogP contribution in [0.5, 0.6) is 0 Å². The van der Waals surface area contributed by atoms with E-state index in [0.717, 1.165) is 25.0 Å². The number of fused-ring (bicyclic) bond motifs is 3. The third-order valence-electron chi connectivity index (χ3n) is 4.25. The minimum atomic E-state index is -0.676. The molecule has 18 heavy (non-hydrogen) atoms. The fourth-order valence-corrected chi connectivity index (χ4v) is 5.09. The molecular weight excluding hydrogens is 242 g/mol. The van der Waals surface area contributed by atoms with Crippen LogP contribution < -0.4 is 5.32 Å². The highest BCUT2D eigenvalue weighted by atomic mass is 32.2. The first-order chi connectivity index (χ1) is 8.75. The Kier molecular flexibility index (Phi) is 3.53. The number of hydrogen-bond acceptors (Lipinski definition) is 2. The Labute approximate surface area is 112 Å². The molecule has 2 aliphatic rings. The van der Waals surface area contributed by atoms with Gasteiger partial charge < -0.3 is 5.32 Å². The van der Waals surface area contributed by atoms with E-state index in [1.165, 1.54) is 17.5 Å². The van der Waals surface area contributed by atoms with Crippen molar-refractivity contribution in [3.8, 4) is 0 Å². The van der Waals surface area contributed by atoms with E-state index in [-0.39, 0.29) is 0 Å². The normalized spacial score (nSPS) is 36.1. The molecule has 0 radical (unpaired) electrons. The van der Waals surface area contributed by atoms with Gasteiger partial charge in [-0.05, 0) is 43.7 Å². The molecule has 0 saturated carbocycles. The fraction of sp³-hybridized carbons (Fsp3) is 0.600. The number of aryl methyl sites for hydroxylation is 1. The Hall–Kier alpha value is -0.670. The van der Waals surface area contributed by atoms with Crippen molar-refractivity contribution in [3.05, 3.63) is 35.4 Å². The third-order valence-corrected chi connectivity index (χ3v) is 6.07. The zero-order valence-corrected chi connectivity index (χ0v) is 11.7. The number of hydrogen-bond donors (Lipinski definition) is 1. The monoisotopic (exact) mass is 263 g/mol. The summed E-state index contributed by atoms with van der Waals surface area (Å²) in [5.41, 5.74) is 2.84. The van der Waals surface area contributed by atoms with E-state index >= 15 is 0 Å². The average Bonchev–Trinajstić information content (AvgIpc) is 2.63. The van der Waals surface area contributed by atoms with Crippen LogP contribution in [0.1, 0.15) is 43.4 Å². The second kappa shape index (κ2) is 5.14. The van der Waals surface area contributed by atoms with Crippen molar-refractivity contribution in [2.24, 2.45) is 0 Å². The molecule has 0 bridgehead atoms. The Morgan fingerprint density at radius 2 is 2.11 bits per heavy atom. The molecular formula is C15H21NOS. The largest absolute Gasteiger partial charge is 0.306 e. The third kappa shape index (κ3) is 2.26. The first kappa shape index (κ1) is 12.4. The highest BCUT2D eigenvalue weighted by molar-refractivity contribution is 7.85. The molecule has 4 atom stereocenters. The lowest BCUT2D eigenvalue weighted by atomic mass is 9.98. The molecule has 1 aromatic rings. The molecule has 1 fully saturated rings. The molecule has 0 aromatic heterocycles. The summed E-state index contributed by atoms with van der Waals surface area (Å²) in [6.07, 6.45) is 4.42. The van der Waals surface area contributed by atoms with Crippen molar-refractivity contribution >= 4 is 10.8 Å². The predicted octanol–water partition coefficient (Wildman–Crippen LogP) is 2.56. The van der Waals surface area contributed by atoms with Crippen molar-refractivity contribution in [2.75, 3.05) is 5.75 Å². The average molecular weight is 263 g/mol. The summed E-state index contributed by atoms with van der Waals surface area (Å²) in [7, 11) is -0.676. The van der Waals surface area contributed by atoms with Crippen LogP contribution in [0, 0.1) is 0 Å². The van der Waals surface area contributed by atoms with E-state index < -0.39 is 10.8 Å². The van der Waals surface area contributed by atoms with E-state index in [2.05, 4.69) is 36.5 Å². The maximum absolute atomic E-state index is 12.4. The number of benzene rings is 1. The van der Waals surface area contributed by atoms with Crippen LogP contribution >= 0.6 is 0 Å². The van der Waals surface area contributed by atoms with E-state index in [9.17, 15) is 4.21 Å². The Bertz CT molecular complexity index is 460. The van der Waals surface area contributed by atoms with Crippen LogP contribution in [0.25, 0.3) is 0 Å². The van der Waals surface area contributed by atoms with Gasteiger partial charge in [-0.2, -0.15) is 0 Å². The second-order valence-electron chi connectivity index (χ2n) is 5.55. The molecule has 3 heteroatoms. The molecule has 1 N–H and O–H groups in total. The van der Waals surface area contributed by atoms with E-state index in [1.54, 1.807) is 0 Å². The lowest BCUT2D eigenvalue weighted by Crippen LogP contribution is -2.35. The van der Waals surface area contributed by atoms with Crippen molar-refractivity contribution in [3.63, 3.8) is 0 Å². The summed E-state index contributed by atoms with van der Waals surface area (Å²) >= 11 is 0. The van der Waals surface area contributed by atoms with Crippen LogP contribution in [0.3, 0.4) is 0 Å². The SMILES string of the molecule is CC1CCS(=O)C2CCCc3ccccc3C2N1. The zero-order chi connectivity index (χ0) is 12.5.